The molecule has 0 unspecified atom stereocenters. The second kappa shape index (κ2) is 11.2. The lowest BCUT2D eigenvalue weighted by Gasteiger charge is -2.40. The Bertz CT molecular complexity index is 1290. The molecule has 1 aliphatic carbocycles. The summed E-state index contributed by atoms with van der Waals surface area (Å²) in [5, 5.41) is 10.6. The first kappa shape index (κ1) is 25.7. The largest absolute Gasteiger partial charge is 0.383 e. The Kier molecular flexibility index (Phi) is 7.54. The van der Waals surface area contributed by atoms with Crippen molar-refractivity contribution < 1.29 is 14.3 Å². The van der Waals surface area contributed by atoms with Crippen molar-refractivity contribution in [3.8, 4) is 0 Å². The third kappa shape index (κ3) is 5.77. The Morgan fingerprint density at radius 2 is 1.95 bits per heavy atom. The molecule has 2 atom stereocenters. The van der Waals surface area contributed by atoms with Gasteiger partial charge in [-0.05, 0) is 56.2 Å². The van der Waals surface area contributed by atoms with Gasteiger partial charge in [0, 0.05) is 37.5 Å². The summed E-state index contributed by atoms with van der Waals surface area (Å²) in [6.07, 6.45) is 9.21. The quantitative estimate of drug-likeness (QED) is 0.372. The zero-order chi connectivity index (χ0) is 26.6. The molecule has 2 amide bonds. The van der Waals surface area contributed by atoms with Gasteiger partial charge >= 0.3 is 0 Å². The van der Waals surface area contributed by atoms with Gasteiger partial charge < -0.3 is 26.0 Å². The number of hydrogen-bond donors (Lipinski definition) is 3. The Labute approximate surface area is 221 Å². The number of nitrogens with zero attached hydrogens (tertiary/aromatic N) is 5. The van der Waals surface area contributed by atoms with Gasteiger partial charge in [-0.15, -0.1) is 0 Å². The number of carbonyl (C=O) groups excluding carboxylic acids is 2. The van der Waals surface area contributed by atoms with Gasteiger partial charge in [0.1, 0.15) is 5.82 Å². The summed E-state index contributed by atoms with van der Waals surface area (Å²) in [5.41, 5.74) is 8.25. The molecule has 2 aliphatic rings. The minimum absolute atomic E-state index is 0.0307. The Morgan fingerprint density at radius 3 is 2.66 bits per heavy atom. The summed E-state index contributed by atoms with van der Waals surface area (Å²) >= 11 is 0. The molecule has 3 heterocycles. The van der Waals surface area contributed by atoms with Crippen LogP contribution in [-0.2, 0) is 11.3 Å². The molecule has 4 N–H and O–H groups in total. The van der Waals surface area contributed by atoms with E-state index in [9.17, 15) is 9.59 Å². The van der Waals surface area contributed by atoms with Gasteiger partial charge in [-0.2, -0.15) is 5.10 Å². The first-order valence-electron chi connectivity index (χ1n) is 13.1. The van der Waals surface area contributed by atoms with Crippen molar-refractivity contribution in [2.45, 2.75) is 57.2 Å². The number of primary amides is 1. The molecule has 2 aromatic heterocycles. The van der Waals surface area contributed by atoms with E-state index in [0.29, 0.717) is 36.1 Å². The Balaban J connectivity index is 1.30. The molecule has 1 saturated heterocycles. The van der Waals surface area contributed by atoms with Gasteiger partial charge in [0.25, 0.3) is 11.8 Å². The summed E-state index contributed by atoms with van der Waals surface area (Å²) < 4.78 is 6.82. The van der Waals surface area contributed by atoms with Crippen LogP contribution in [0, 0.1) is 0 Å². The molecule has 1 aliphatic heterocycles. The van der Waals surface area contributed by atoms with Crippen molar-refractivity contribution in [3.63, 3.8) is 0 Å². The molecule has 1 saturated carbocycles. The molecule has 3 aromatic rings. The predicted molar refractivity (Wildman–Crippen MR) is 144 cm³/mol. The molecule has 38 heavy (non-hydrogen) atoms. The van der Waals surface area contributed by atoms with Crippen molar-refractivity contribution in [2.24, 2.45) is 5.73 Å². The normalized spacial score (nSPS) is 19.3. The highest BCUT2D eigenvalue weighted by Crippen LogP contribution is 2.39. The fraction of sp³-hybridized carbons (Fsp3) is 0.444. The summed E-state index contributed by atoms with van der Waals surface area (Å²) in [5.74, 6) is 0.768. The molecular weight excluding hydrogens is 484 g/mol. The second-order valence-electron chi connectivity index (χ2n) is 9.95. The number of benzene rings is 1. The molecule has 11 heteroatoms. The average molecular weight is 519 g/mol. The van der Waals surface area contributed by atoms with Crippen LogP contribution in [0.25, 0.3) is 0 Å². The summed E-state index contributed by atoms with van der Waals surface area (Å²) in [6, 6.07) is 7.86. The van der Waals surface area contributed by atoms with Gasteiger partial charge in [-0.3, -0.25) is 14.3 Å². The van der Waals surface area contributed by atoms with E-state index in [2.05, 4.69) is 44.7 Å². The van der Waals surface area contributed by atoms with E-state index < -0.39 is 5.91 Å². The van der Waals surface area contributed by atoms with Gasteiger partial charge in [0.15, 0.2) is 11.5 Å². The first-order chi connectivity index (χ1) is 18.4. The number of methoxy groups -OCH3 is 1. The monoisotopic (exact) mass is 518 g/mol. The third-order valence-corrected chi connectivity index (χ3v) is 7.23. The second-order valence-corrected chi connectivity index (χ2v) is 9.95. The van der Waals surface area contributed by atoms with E-state index in [-0.39, 0.29) is 29.5 Å². The Morgan fingerprint density at radius 1 is 1.16 bits per heavy atom. The first-order valence-corrected chi connectivity index (χ1v) is 13.1. The number of amides is 2. The zero-order valence-corrected chi connectivity index (χ0v) is 21.8. The zero-order valence-electron chi connectivity index (χ0n) is 21.8. The van der Waals surface area contributed by atoms with Crippen LogP contribution in [0.15, 0.2) is 42.9 Å². The lowest BCUT2D eigenvalue weighted by Crippen LogP contribution is -2.54. The molecule has 0 bridgehead atoms. The highest BCUT2D eigenvalue weighted by atomic mass is 16.5. The van der Waals surface area contributed by atoms with Crippen LogP contribution in [0.5, 0.6) is 0 Å². The molecule has 0 radical (unpaired) electrons. The molecular formula is C27H34N8O3. The van der Waals surface area contributed by atoms with E-state index in [0.717, 1.165) is 19.4 Å². The van der Waals surface area contributed by atoms with Crippen LogP contribution in [0.4, 0.5) is 17.3 Å². The van der Waals surface area contributed by atoms with Gasteiger partial charge in [-0.25, -0.2) is 9.97 Å². The SMILES string of the molecule is COCCn1cc(Nc2nc(N3CCC[C@@H](NC(=O)c4ccc(C5CC5)cc4)[C@H]3C)cnc2C(N)=O)cn1. The highest BCUT2D eigenvalue weighted by molar-refractivity contribution is 5.96. The van der Waals surface area contributed by atoms with Crippen molar-refractivity contribution >= 4 is 29.1 Å². The topological polar surface area (TPSA) is 140 Å². The number of aromatic nitrogens is 4. The number of hydrogen-bond acceptors (Lipinski definition) is 8. The third-order valence-electron chi connectivity index (χ3n) is 7.23. The number of anilines is 3. The average Bonchev–Trinajstić information content (AvgIpc) is 3.68. The fourth-order valence-corrected chi connectivity index (χ4v) is 4.89. The van der Waals surface area contributed by atoms with Crippen molar-refractivity contribution in [2.75, 3.05) is 30.5 Å². The number of rotatable bonds is 10. The maximum absolute atomic E-state index is 13.0. The van der Waals surface area contributed by atoms with Gasteiger partial charge in [-0.1, -0.05) is 12.1 Å². The summed E-state index contributed by atoms with van der Waals surface area (Å²) in [6.45, 7) is 3.94. The van der Waals surface area contributed by atoms with Crippen LogP contribution < -0.4 is 21.3 Å². The fourth-order valence-electron chi connectivity index (χ4n) is 4.89. The van der Waals surface area contributed by atoms with Gasteiger partial charge in [0.05, 0.1) is 31.2 Å². The van der Waals surface area contributed by atoms with Crippen molar-refractivity contribution in [3.05, 3.63) is 59.7 Å². The number of carbonyl (C=O) groups is 2. The molecule has 11 nitrogen and oxygen atoms in total. The minimum atomic E-state index is -0.678. The molecule has 200 valence electrons. The Hall–Kier alpha value is -3.99. The number of ether oxygens (including phenoxy) is 1. The molecule has 0 spiro atoms. The van der Waals surface area contributed by atoms with Crippen LogP contribution in [0.3, 0.4) is 0 Å². The molecule has 5 rings (SSSR count). The minimum Gasteiger partial charge on any atom is -0.383 e. The lowest BCUT2D eigenvalue weighted by atomic mass is 9.97. The highest BCUT2D eigenvalue weighted by Gasteiger charge is 2.31. The molecule has 2 fully saturated rings. The van der Waals surface area contributed by atoms with Crippen LogP contribution in [0.2, 0.25) is 0 Å². The van der Waals surface area contributed by atoms with Crippen molar-refractivity contribution in [1.29, 1.82) is 0 Å². The van der Waals surface area contributed by atoms with E-state index >= 15 is 0 Å². The van der Waals surface area contributed by atoms with E-state index in [1.165, 1.54) is 18.4 Å². The summed E-state index contributed by atoms with van der Waals surface area (Å²) in [4.78, 5) is 36.2. The lowest BCUT2D eigenvalue weighted by molar-refractivity contribution is 0.0923. The standard InChI is InChI=1S/C27H34N8O3/c1-17-22(32-27(37)20-9-7-19(8-10-20)18-5-6-18)4-3-11-35(17)23-15-29-24(25(28)36)26(33-23)31-21-14-30-34(16-21)12-13-38-2/h7-10,14-18,22H,3-6,11-13H2,1-2H3,(H2,28,36)(H,31,33)(H,32,37)/t17-,22-/m1/s1. The van der Waals surface area contributed by atoms with E-state index in [1.54, 1.807) is 30.4 Å². The van der Waals surface area contributed by atoms with E-state index in [4.69, 9.17) is 15.5 Å². The van der Waals surface area contributed by atoms with Crippen LogP contribution in [0.1, 0.15) is 64.9 Å². The van der Waals surface area contributed by atoms with Crippen LogP contribution >= 0.6 is 0 Å². The van der Waals surface area contributed by atoms with E-state index in [1.807, 2.05) is 12.1 Å². The maximum atomic E-state index is 13.0. The van der Waals surface area contributed by atoms with Crippen LogP contribution in [-0.4, -0.2) is 63.9 Å². The number of nitrogens with two attached hydrogens (primary N) is 1. The summed E-state index contributed by atoms with van der Waals surface area (Å²) in [7, 11) is 1.63. The molecule has 1 aromatic carbocycles. The van der Waals surface area contributed by atoms with Gasteiger partial charge in [0.2, 0.25) is 0 Å². The maximum Gasteiger partial charge on any atom is 0.271 e. The number of piperidine rings is 1. The van der Waals surface area contributed by atoms with Crippen molar-refractivity contribution in [1.82, 2.24) is 25.1 Å². The smallest absolute Gasteiger partial charge is 0.271 e. The number of nitrogens with one attached hydrogen (secondary N) is 2. The predicted octanol–water partition coefficient (Wildman–Crippen LogP) is 2.83.